The van der Waals surface area contributed by atoms with E-state index < -0.39 is 11.7 Å². The van der Waals surface area contributed by atoms with Gasteiger partial charge < -0.3 is 0 Å². The summed E-state index contributed by atoms with van der Waals surface area (Å²) in [6, 6.07) is 3.61. The summed E-state index contributed by atoms with van der Waals surface area (Å²) in [5.41, 5.74) is -0.235. The number of hydrogen-bond acceptors (Lipinski definition) is 2. The topological polar surface area (TPSA) is 12.9 Å². The van der Waals surface area contributed by atoms with Gasteiger partial charge in [-0.3, -0.25) is 0 Å². The maximum Gasteiger partial charge on any atom is 0.416 e. The van der Waals surface area contributed by atoms with Gasteiger partial charge in [-0.25, -0.2) is 4.98 Å². The minimum absolute atomic E-state index is 0.411. The second kappa shape index (κ2) is 3.34. The molecule has 74 valence electrons. The molecule has 0 aliphatic carbocycles. The third-order valence-electron chi connectivity index (χ3n) is 1.69. The van der Waals surface area contributed by atoms with Crippen molar-refractivity contribution < 1.29 is 13.2 Å². The molecule has 2 rings (SSSR count). The zero-order valence-corrected chi connectivity index (χ0v) is 9.57. The van der Waals surface area contributed by atoms with Crippen LogP contribution in [0.15, 0.2) is 18.2 Å². The summed E-state index contributed by atoms with van der Waals surface area (Å²) >= 11 is 3.37. The summed E-state index contributed by atoms with van der Waals surface area (Å²) in [4.78, 5) is 3.99. The zero-order chi connectivity index (χ0) is 10.3. The average molecular weight is 329 g/mol. The maximum atomic E-state index is 12.3. The first-order valence-electron chi connectivity index (χ1n) is 3.60. The molecule has 0 saturated heterocycles. The maximum absolute atomic E-state index is 12.3. The highest BCUT2D eigenvalue weighted by Gasteiger charge is 2.30. The van der Waals surface area contributed by atoms with Crippen molar-refractivity contribution in [1.82, 2.24) is 4.98 Å². The van der Waals surface area contributed by atoms with Crippen LogP contribution in [0.1, 0.15) is 5.56 Å². The van der Waals surface area contributed by atoms with Crippen molar-refractivity contribution in [3.05, 3.63) is 26.8 Å². The summed E-state index contributed by atoms with van der Waals surface area (Å²) < 4.78 is 38.4. The van der Waals surface area contributed by atoms with E-state index in [9.17, 15) is 13.2 Å². The van der Waals surface area contributed by atoms with Crippen LogP contribution in [-0.2, 0) is 6.18 Å². The fraction of sp³-hybridized carbons (Fsp3) is 0.125. The molecule has 6 heteroatoms. The number of alkyl halides is 3. The molecule has 0 atom stereocenters. The van der Waals surface area contributed by atoms with E-state index >= 15 is 0 Å². The van der Waals surface area contributed by atoms with Crippen LogP contribution in [-0.4, -0.2) is 4.98 Å². The number of benzene rings is 1. The summed E-state index contributed by atoms with van der Waals surface area (Å²) in [6.45, 7) is 0. The fourth-order valence-corrected chi connectivity index (χ4v) is 2.72. The van der Waals surface area contributed by atoms with Crippen LogP contribution < -0.4 is 0 Å². The Balaban J connectivity index is 2.62. The van der Waals surface area contributed by atoms with Gasteiger partial charge in [-0.15, -0.1) is 11.3 Å². The number of halogens is 4. The van der Waals surface area contributed by atoms with Gasteiger partial charge in [0.2, 0.25) is 0 Å². The van der Waals surface area contributed by atoms with Crippen LogP contribution in [0.4, 0.5) is 13.2 Å². The first-order valence-corrected chi connectivity index (χ1v) is 5.49. The molecular weight excluding hydrogens is 326 g/mol. The van der Waals surface area contributed by atoms with Gasteiger partial charge in [-0.2, -0.15) is 13.2 Å². The lowest BCUT2D eigenvalue weighted by atomic mass is 10.2. The Bertz CT molecular complexity index is 477. The quantitative estimate of drug-likeness (QED) is 0.668. The predicted octanol–water partition coefficient (Wildman–Crippen LogP) is 3.92. The highest BCUT2D eigenvalue weighted by atomic mass is 127. The standard InChI is InChI=1S/C8H3F3INS/c9-8(10,11)4-1-2-6-5(3-4)13-7(12)14-6/h1-3H. The van der Waals surface area contributed by atoms with Crippen LogP contribution in [0, 0.1) is 3.01 Å². The van der Waals surface area contributed by atoms with Gasteiger partial charge in [0.15, 0.2) is 3.01 Å². The number of nitrogens with zero attached hydrogens (tertiary/aromatic N) is 1. The largest absolute Gasteiger partial charge is 0.416 e. The zero-order valence-electron chi connectivity index (χ0n) is 6.60. The van der Waals surface area contributed by atoms with Crippen molar-refractivity contribution in [2.45, 2.75) is 6.18 Å². The number of rotatable bonds is 0. The lowest BCUT2D eigenvalue weighted by Gasteiger charge is -2.04. The first kappa shape index (κ1) is 10.2. The van der Waals surface area contributed by atoms with E-state index in [4.69, 9.17) is 0 Å². The molecule has 0 bridgehead atoms. The molecule has 0 fully saturated rings. The SMILES string of the molecule is FC(F)(F)c1ccc2sc(I)nc2c1. The van der Waals surface area contributed by atoms with E-state index in [1.165, 1.54) is 17.4 Å². The van der Waals surface area contributed by atoms with Gasteiger partial charge in [-0.05, 0) is 40.8 Å². The molecular formula is C8H3F3INS. The number of aromatic nitrogens is 1. The molecule has 0 unspecified atom stereocenters. The van der Waals surface area contributed by atoms with Crippen molar-refractivity contribution in [3.63, 3.8) is 0 Å². The van der Waals surface area contributed by atoms with Crippen LogP contribution in [0.25, 0.3) is 10.2 Å². The average Bonchev–Trinajstić information content (AvgIpc) is 2.41. The van der Waals surface area contributed by atoms with Gasteiger partial charge in [0, 0.05) is 0 Å². The van der Waals surface area contributed by atoms with E-state index in [0.717, 1.165) is 19.8 Å². The number of hydrogen-bond donors (Lipinski definition) is 0. The molecule has 0 N–H and O–H groups in total. The van der Waals surface area contributed by atoms with Gasteiger partial charge in [0.05, 0.1) is 15.8 Å². The third-order valence-corrected chi connectivity index (χ3v) is 3.42. The Labute approximate surface area is 95.1 Å². The molecule has 14 heavy (non-hydrogen) atoms. The highest BCUT2D eigenvalue weighted by Crippen LogP contribution is 2.32. The Kier molecular flexibility index (Phi) is 2.42. The Morgan fingerprint density at radius 2 is 2.00 bits per heavy atom. The van der Waals surface area contributed by atoms with Gasteiger partial charge >= 0.3 is 6.18 Å². The number of fused-ring (bicyclic) bond motifs is 1. The molecule has 0 radical (unpaired) electrons. The normalized spacial score (nSPS) is 12.3. The van der Waals surface area contributed by atoms with Gasteiger partial charge in [-0.1, -0.05) is 0 Å². The fourth-order valence-electron chi connectivity index (χ4n) is 1.08. The minimum Gasteiger partial charge on any atom is -0.230 e. The third kappa shape index (κ3) is 1.85. The molecule has 0 aliphatic heterocycles. The first-order chi connectivity index (χ1) is 6.47. The van der Waals surface area contributed by atoms with Crippen molar-refractivity contribution >= 4 is 44.1 Å². The monoisotopic (exact) mass is 329 g/mol. The molecule has 1 aromatic carbocycles. The van der Waals surface area contributed by atoms with E-state index in [1.54, 1.807) is 0 Å². The van der Waals surface area contributed by atoms with E-state index in [-0.39, 0.29) is 0 Å². The molecule has 1 nitrogen and oxygen atoms in total. The summed E-state index contributed by atoms with van der Waals surface area (Å²) in [7, 11) is 0. The Morgan fingerprint density at radius 1 is 1.29 bits per heavy atom. The van der Waals surface area contributed by atoms with Gasteiger partial charge in [0.1, 0.15) is 0 Å². The van der Waals surface area contributed by atoms with Crippen molar-refractivity contribution in [3.8, 4) is 0 Å². The van der Waals surface area contributed by atoms with Crippen molar-refractivity contribution in [1.29, 1.82) is 0 Å². The minimum atomic E-state index is -4.29. The van der Waals surface area contributed by atoms with Crippen LogP contribution in [0.5, 0.6) is 0 Å². The van der Waals surface area contributed by atoms with Crippen LogP contribution in [0.3, 0.4) is 0 Å². The second-order valence-corrected chi connectivity index (χ2v) is 5.43. The molecule has 2 aromatic rings. The molecule has 1 heterocycles. The van der Waals surface area contributed by atoms with E-state index in [0.29, 0.717) is 5.52 Å². The van der Waals surface area contributed by atoms with E-state index in [2.05, 4.69) is 4.98 Å². The smallest absolute Gasteiger partial charge is 0.230 e. The van der Waals surface area contributed by atoms with Crippen LogP contribution >= 0.6 is 33.9 Å². The van der Waals surface area contributed by atoms with Crippen LogP contribution in [0.2, 0.25) is 0 Å². The lowest BCUT2D eigenvalue weighted by molar-refractivity contribution is -0.137. The predicted molar refractivity (Wildman–Crippen MR) is 57.3 cm³/mol. The Morgan fingerprint density at radius 3 is 2.64 bits per heavy atom. The highest BCUT2D eigenvalue weighted by molar-refractivity contribution is 14.1. The van der Waals surface area contributed by atoms with E-state index in [1.807, 2.05) is 22.6 Å². The molecule has 0 saturated carbocycles. The van der Waals surface area contributed by atoms with Crippen molar-refractivity contribution in [2.75, 3.05) is 0 Å². The molecule has 0 aliphatic rings. The lowest BCUT2D eigenvalue weighted by Crippen LogP contribution is -2.03. The van der Waals surface area contributed by atoms with Crippen molar-refractivity contribution in [2.24, 2.45) is 0 Å². The summed E-state index contributed by atoms with van der Waals surface area (Å²) in [5, 5.41) is 0. The number of thiazole rings is 1. The van der Waals surface area contributed by atoms with Gasteiger partial charge in [0.25, 0.3) is 0 Å². The molecule has 1 aromatic heterocycles. The molecule has 0 spiro atoms. The Hall–Kier alpha value is -0.370. The summed E-state index contributed by atoms with van der Waals surface area (Å²) in [5.74, 6) is 0. The summed E-state index contributed by atoms with van der Waals surface area (Å²) in [6.07, 6.45) is -4.29. The second-order valence-electron chi connectivity index (χ2n) is 2.65. The molecule has 0 amide bonds.